The highest BCUT2D eigenvalue weighted by Gasteiger charge is 2.31. The Morgan fingerprint density at radius 2 is 2.00 bits per heavy atom. The van der Waals surface area contributed by atoms with Gasteiger partial charge in [0.1, 0.15) is 0 Å². The largest absolute Gasteiger partial charge is 0.448 e. The zero-order chi connectivity index (χ0) is 18.1. The Hall–Kier alpha value is -2.26. The SMILES string of the molecule is O=C1OC(C(=O)Nc2ccc([N+](=O)[O-])cc2Br)Cc2cc(Br)ccc21. The summed E-state index contributed by atoms with van der Waals surface area (Å²) >= 11 is 6.52. The highest BCUT2D eigenvalue weighted by atomic mass is 79.9. The minimum absolute atomic E-state index is 0.104. The number of nitrogens with zero attached hydrogens (tertiary/aromatic N) is 1. The number of hydrogen-bond donors (Lipinski definition) is 1. The van der Waals surface area contributed by atoms with E-state index in [1.807, 2.05) is 0 Å². The first-order valence-electron chi connectivity index (χ1n) is 7.09. The average Bonchev–Trinajstić information content (AvgIpc) is 2.55. The topological polar surface area (TPSA) is 98.5 Å². The van der Waals surface area contributed by atoms with Crippen LogP contribution in [0.2, 0.25) is 0 Å². The zero-order valence-corrected chi connectivity index (χ0v) is 15.7. The molecular weight excluding hydrogens is 460 g/mol. The van der Waals surface area contributed by atoms with E-state index in [0.29, 0.717) is 21.3 Å². The lowest BCUT2D eigenvalue weighted by molar-refractivity contribution is -0.384. The van der Waals surface area contributed by atoms with Gasteiger partial charge in [0.15, 0.2) is 6.10 Å². The molecule has 25 heavy (non-hydrogen) atoms. The molecule has 128 valence electrons. The van der Waals surface area contributed by atoms with Crippen molar-refractivity contribution in [2.75, 3.05) is 5.32 Å². The zero-order valence-electron chi connectivity index (χ0n) is 12.5. The molecular formula is C16H10Br2N2O5. The lowest BCUT2D eigenvalue weighted by atomic mass is 9.98. The number of hydrogen-bond acceptors (Lipinski definition) is 5. The van der Waals surface area contributed by atoms with E-state index in [4.69, 9.17) is 4.74 Å². The number of anilines is 1. The molecule has 1 atom stereocenters. The van der Waals surface area contributed by atoms with Crippen LogP contribution in [0.15, 0.2) is 45.3 Å². The molecule has 1 unspecified atom stereocenters. The molecule has 3 rings (SSSR count). The first kappa shape index (κ1) is 17.6. The van der Waals surface area contributed by atoms with Crippen LogP contribution in [0.1, 0.15) is 15.9 Å². The number of nitro groups is 1. The van der Waals surface area contributed by atoms with Crippen molar-refractivity contribution in [3.05, 3.63) is 66.6 Å². The summed E-state index contributed by atoms with van der Waals surface area (Å²) in [5.41, 5.74) is 1.40. The summed E-state index contributed by atoms with van der Waals surface area (Å²) in [5.74, 6) is -1.06. The molecule has 0 aliphatic carbocycles. The molecule has 1 amide bonds. The number of non-ortho nitro benzene ring substituents is 1. The normalized spacial score (nSPS) is 15.9. The second kappa shape index (κ2) is 6.93. The molecule has 1 aliphatic rings. The first-order valence-corrected chi connectivity index (χ1v) is 8.68. The molecule has 7 nitrogen and oxygen atoms in total. The third-order valence-corrected chi connectivity index (χ3v) is 4.80. The van der Waals surface area contributed by atoms with E-state index in [2.05, 4.69) is 37.2 Å². The van der Waals surface area contributed by atoms with E-state index in [1.165, 1.54) is 18.2 Å². The Labute approximate surface area is 158 Å². The summed E-state index contributed by atoms with van der Waals surface area (Å²) in [6.45, 7) is 0. The number of carbonyl (C=O) groups is 2. The van der Waals surface area contributed by atoms with Gasteiger partial charge in [-0.15, -0.1) is 0 Å². The predicted molar refractivity (Wildman–Crippen MR) is 96.5 cm³/mol. The molecule has 9 heteroatoms. The molecule has 0 saturated carbocycles. The van der Waals surface area contributed by atoms with Crippen LogP contribution in [0, 0.1) is 10.1 Å². The highest BCUT2D eigenvalue weighted by molar-refractivity contribution is 9.10. The first-order chi connectivity index (χ1) is 11.8. The fourth-order valence-corrected chi connectivity index (χ4v) is 3.32. The molecule has 0 spiro atoms. The van der Waals surface area contributed by atoms with Crippen molar-refractivity contribution in [1.82, 2.24) is 0 Å². The molecule has 0 fully saturated rings. The van der Waals surface area contributed by atoms with Crippen LogP contribution in [0.4, 0.5) is 11.4 Å². The summed E-state index contributed by atoms with van der Waals surface area (Å²) in [6.07, 6.45) is -0.729. The summed E-state index contributed by atoms with van der Waals surface area (Å²) in [5, 5.41) is 13.4. The van der Waals surface area contributed by atoms with Crippen molar-refractivity contribution in [3.63, 3.8) is 0 Å². The standard InChI is InChI=1S/C16H10Br2N2O5/c17-9-1-3-11-8(5-9)6-14(25-16(11)22)15(21)19-13-4-2-10(20(23)24)7-12(13)18/h1-5,7,14H,6H2,(H,19,21). The van der Waals surface area contributed by atoms with Gasteiger partial charge in [0.2, 0.25) is 0 Å². The number of cyclic esters (lactones) is 1. The Balaban J connectivity index is 1.78. The number of fused-ring (bicyclic) bond motifs is 1. The molecule has 0 saturated heterocycles. The molecule has 1 N–H and O–H groups in total. The minimum Gasteiger partial charge on any atom is -0.448 e. The van der Waals surface area contributed by atoms with E-state index in [9.17, 15) is 19.7 Å². The van der Waals surface area contributed by atoms with Gasteiger partial charge < -0.3 is 10.1 Å². The second-order valence-electron chi connectivity index (χ2n) is 5.31. The predicted octanol–water partition coefficient (Wildman–Crippen LogP) is 3.84. The van der Waals surface area contributed by atoms with E-state index >= 15 is 0 Å². The van der Waals surface area contributed by atoms with Crippen molar-refractivity contribution in [3.8, 4) is 0 Å². The fourth-order valence-electron chi connectivity index (χ4n) is 2.44. The number of carbonyl (C=O) groups excluding carboxylic acids is 2. The Kier molecular flexibility index (Phi) is 4.87. The maximum Gasteiger partial charge on any atom is 0.339 e. The lowest BCUT2D eigenvalue weighted by Crippen LogP contribution is -2.38. The third kappa shape index (κ3) is 3.72. The van der Waals surface area contributed by atoms with Gasteiger partial charge in [0.25, 0.3) is 11.6 Å². The summed E-state index contributed by atoms with van der Waals surface area (Å²) < 4.78 is 6.36. The number of esters is 1. The van der Waals surface area contributed by atoms with Gasteiger partial charge in [-0.25, -0.2) is 4.79 Å². The summed E-state index contributed by atoms with van der Waals surface area (Å²) in [7, 11) is 0. The quantitative estimate of drug-likeness (QED) is 0.418. The van der Waals surface area contributed by atoms with Gasteiger partial charge >= 0.3 is 5.97 Å². The van der Waals surface area contributed by atoms with Gasteiger partial charge in [0, 0.05) is 27.5 Å². The Bertz CT molecular complexity index is 900. The van der Waals surface area contributed by atoms with Crippen LogP contribution in [0.5, 0.6) is 0 Å². The van der Waals surface area contributed by atoms with Crippen LogP contribution in [-0.4, -0.2) is 22.9 Å². The highest BCUT2D eigenvalue weighted by Crippen LogP contribution is 2.29. The van der Waals surface area contributed by atoms with Crippen LogP contribution >= 0.6 is 31.9 Å². The van der Waals surface area contributed by atoms with Gasteiger partial charge in [0.05, 0.1) is 16.2 Å². The van der Waals surface area contributed by atoms with Gasteiger partial charge in [-0.2, -0.15) is 0 Å². The number of benzene rings is 2. The minimum atomic E-state index is -0.976. The van der Waals surface area contributed by atoms with E-state index in [0.717, 1.165) is 4.47 Å². The lowest BCUT2D eigenvalue weighted by Gasteiger charge is -2.24. The summed E-state index contributed by atoms with van der Waals surface area (Å²) in [4.78, 5) is 34.7. The number of ether oxygens (including phenoxy) is 1. The Morgan fingerprint density at radius 3 is 2.68 bits per heavy atom. The van der Waals surface area contributed by atoms with Crippen molar-refractivity contribution in [1.29, 1.82) is 0 Å². The molecule has 2 aromatic carbocycles. The van der Waals surface area contributed by atoms with Crippen molar-refractivity contribution in [2.45, 2.75) is 12.5 Å². The maximum atomic E-state index is 12.4. The van der Waals surface area contributed by atoms with Crippen LogP contribution in [0.3, 0.4) is 0 Å². The van der Waals surface area contributed by atoms with Crippen molar-refractivity contribution >= 4 is 55.1 Å². The smallest absolute Gasteiger partial charge is 0.339 e. The molecule has 2 aromatic rings. The van der Waals surface area contributed by atoms with Gasteiger partial charge in [-0.3, -0.25) is 14.9 Å². The van der Waals surface area contributed by atoms with E-state index in [-0.39, 0.29) is 12.1 Å². The third-order valence-electron chi connectivity index (χ3n) is 3.66. The molecule has 0 aromatic heterocycles. The van der Waals surface area contributed by atoms with Gasteiger partial charge in [-0.1, -0.05) is 15.9 Å². The number of nitrogens with one attached hydrogen (secondary N) is 1. The van der Waals surface area contributed by atoms with Crippen LogP contribution in [-0.2, 0) is 16.0 Å². The van der Waals surface area contributed by atoms with Gasteiger partial charge in [-0.05, 0) is 45.8 Å². The molecule has 1 heterocycles. The number of halogens is 2. The second-order valence-corrected chi connectivity index (χ2v) is 7.08. The molecule has 0 bridgehead atoms. The summed E-state index contributed by atoms with van der Waals surface area (Å²) in [6, 6.07) is 9.12. The van der Waals surface area contributed by atoms with E-state index in [1.54, 1.807) is 18.2 Å². The van der Waals surface area contributed by atoms with Crippen molar-refractivity contribution in [2.24, 2.45) is 0 Å². The van der Waals surface area contributed by atoms with Crippen LogP contribution in [0.25, 0.3) is 0 Å². The fraction of sp³-hybridized carbons (Fsp3) is 0.125. The Morgan fingerprint density at radius 1 is 1.24 bits per heavy atom. The van der Waals surface area contributed by atoms with Crippen LogP contribution < -0.4 is 5.32 Å². The molecule has 0 radical (unpaired) electrons. The number of amides is 1. The average molecular weight is 470 g/mol. The number of rotatable bonds is 3. The maximum absolute atomic E-state index is 12.4. The monoisotopic (exact) mass is 468 g/mol. The van der Waals surface area contributed by atoms with Crippen molar-refractivity contribution < 1.29 is 19.2 Å². The number of nitro benzene ring substituents is 1. The molecule has 1 aliphatic heterocycles. The van der Waals surface area contributed by atoms with E-state index < -0.39 is 22.9 Å².